The van der Waals surface area contributed by atoms with Crippen LogP contribution in [0.15, 0.2) is 4.60 Å². The molecule has 0 N–H and O–H groups in total. The van der Waals surface area contributed by atoms with Gasteiger partial charge in [-0.25, -0.2) is 4.98 Å². The minimum Gasteiger partial charge on any atom is -0.330 e. The Morgan fingerprint density at radius 2 is 2.21 bits per heavy atom. The molecule has 0 aromatic carbocycles. The van der Waals surface area contributed by atoms with Gasteiger partial charge in [0.25, 0.3) is 0 Å². The zero-order valence-electron chi connectivity index (χ0n) is 9.05. The van der Waals surface area contributed by atoms with Crippen LogP contribution in [-0.4, -0.2) is 9.55 Å². The molecule has 0 spiro atoms. The van der Waals surface area contributed by atoms with Crippen molar-refractivity contribution in [1.29, 1.82) is 0 Å². The molecule has 0 saturated carbocycles. The van der Waals surface area contributed by atoms with E-state index in [9.17, 15) is 0 Å². The maximum Gasteiger partial charge on any atom is 0.127 e. The molecule has 1 aromatic heterocycles. The number of aromatic nitrogens is 2. The Balaban J connectivity index is 2.52. The van der Waals surface area contributed by atoms with Gasteiger partial charge in [0.15, 0.2) is 0 Å². The third-order valence-corrected chi connectivity index (χ3v) is 3.58. The van der Waals surface area contributed by atoms with E-state index in [2.05, 4.69) is 46.3 Å². The van der Waals surface area contributed by atoms with Gasteiger partial charge in [0.1, 0.15) is 10.4 Å². The summed E-state index contributed by atoms with van der Waals surface area (Å²) in [4.78, 5) is 4.62. The van der Waals surface area contributed by atoms with Crippen molar-refractivity contribution in [3.63, 3.8) is 0 Å². The van der Waals surface area contributed by atoms with Crippen LogP contribution in [0.3, 0.4) is 0 Å². The van der Waals surface area contributed by atoms with Gasteiger partial charge >= 0.3 is 0 Å². The molecule has 78 valence electrons. The summed E-state index contributed by atoms with van der Waals surface area (Å²) in [6.45, 7) is 7.86. The number of halogens is 1. The standard InChI is InChI=1S/C11H17BrN2/c1-7(2)11-13-10(12)9-8(3)5-4-6-14(9)11/h7-8H,4-6H2,1-3H3. The van der Waals surface area contributed by atoms with Crippen LogP contribution in [0.25, 0.3) is 0 Å². The maximum absolute atomic E-state index is 4.62. The van der Waals surface area contributed by atoms with E-state index in [1.165, 1.54) is 24.4 Å². The highest BCUT2D eigenvalue weighted by molar-refractivity contribution is 9.10. The summed E-state index contributed by atoms with van der Waals surface area (Å²) in [5.41, 5.74) is 1.40. The fraction of sp³-hybridized carbons (Fsp3) is 0.727. The molecule has 1 atom stereocenters. The lowest BCUT2D eigenvalue weighted by molar-refractivity contribution is 0.456. The molecule has 1 aliphatic heterocycles. The van der Waals surface area contributed by atoms with Crippen molar-refractivity contribution >= 4 is 15.9 Å². The van der Waals surface area contributed by atoms with Crippen LogP contribution in [0.1, 0.15) is 57.0 Å². The smallest absolute Gasteiger partial charge is 0.127 e. The van der Waals surface area contributed by atoms with Crippen LogP contribution >= 0.6 is 15.9 Å². The first-order valence-corrected chi connectivity index (χ1v) is 6.16. The summed E-state index contributed by atoms with van der Waals surface area (Å²) < 4.78 is 3.47. The van der Waals surface area contributed by atoms with E-state index in [1.807, 2.05) is 0 Å². The molecule has 0 amide bonds. The third kappa shape index (κ3) is 1.52. The first-order valence-electron chi connectivity index (χ1n) is 5.37. The van der Waals surface area contributed by atoms with Crippen molar-refractivity contribution in [3.8, 4) is 0 Å². The molecular weight excluding hydrogens is 240 g/mol. The first-order chi connectivity index (χ1) is 6.61. The first kappa shape index (κ1) is 10.2. The Kier molecular flexibility index (Phi) is 2.69. The van der Waals surface area contributed by atoms with Crippen LogP contribution in [0.2, 0.25) is 0 Å². The summed E-state index contributed by atoms with van der Waals surface area (Å²) in [7, 11) is 0. The Labute approximate surface area is 93.9 Å². The third-order valence-electron chi connectivity index (χ3n) is 2.99. The van der Waals surface area contributed by atoms with Crippen molar-refractivity contribution in [2.75, 3.05) is 0 Å². The maximum atomic E-state index is 4.62. The average molecular weight is 257 g/mol. The quantitative estimate of drug-likeness (QED) is 0.750. The van der Waals surface area contributed by atoms with Crippen molar-refractivity contribution in [3.05, 3.63) is 16.1 Å². The predicted molar refractivity (Wildman–Crippen MR) is 61.7 cm³/mol. The Bertz CT molecular complexity index is 341. The van der Waals surface area contributed by atoms with Crippen molar-refractivity contribution in [2.45, 2.75) is 52.0 Å². The van der Waals surface area contributed by atoms with Crippen molar-refractivity contribution < 1.29 is 0 Å². The van der Waals surface area contributed by atoms with Crippen LogP contribution in [-0.2, 0) is 6.54 Å². The van der Waals surface area contributed by atoms with Crippen molar-refractivity contribution in [2.24, 2.45) is 0 Å². The molecule has 1 aliphatic rings. The molecule has 2 heterocycles. The average Bonchev–Trinajstić information content (AvgIpc) is 2.45. The topological polar surface area (TPSA) is 17.8 Å². The van der Waals surface area contributed by atoms with Gasteiger partial charge in [0.2, 0.25) is 0 Å². The van der Waals surface area contributed by atoms with Gasteiger partial charge in [0, 0.05) is 12.5 Å². The lowest BCUT2D eigenvalue weighted by Crippen LogP contribution is -2.16. The second kappa shape index (κ2) is 3.69. The molecule has 0 radical (unpaired) electrons. The Morgan fingerprint density at radius 1 is 1.50 bits per heavy atom. The molecular formula is C11H17BrN2. The Hall–Kier alpha value is -0.310. The fourth-order valence-electron chi connectivity index (χ4n) is 2.29. The molecule has 0 saturated heterocycles. The van der Waals surface area contributed by atoms with E-state index in [-0.39, 0.29) is 0 Å². The number of nitrogens with zero attached hydrogens (tertiary/aromatic N) is 2. The van der Waals surface area contributed by atoms with Gasteiger partial charge in [-0.3, -0.25) is 0 Å². The van der Waals surface area contributed by atoms with E-state index in [1.54, 1.807) is 0 Å². The normalized spacial score (nSPS) is 21.4. The molecule has 2 nitrogen and oxygen atoms in total. The predicted octanol–water partition coefficient (Wildman–Crippen LogP) is 3.67. The number of hydrogen-bond donors (Lipinski definition) is 0. The molecule has 0 bridgehead atoms. The molecule has 0 aliphatic carbocycles. The van der Waals surface area contributed by atoms with E-state index < -0.39 is 0 Å². The minimum absolute atomic E-state index is 0.519. The SMILES string of the molecule is CC(C)c1nc(Br)c2n1CCCC2C. The molecule has 2 rings (SSSR count). The monoisotopic (exact) mass is 256 g/mol. The highest BCUT2D eigenvalue weighted by Crippen LogP contribution is 2.35. The fourth-order valence-corrected chi connectivity index (χ4v) is 3.08. The summed E-state index contributed by atoms with van der Waals surface area (Å²) in [6.07, 6.45) is 2.58. The molecule has 3 heteroatoms. The van der Waals surface area contributed by atoms with Crippen LogP contribution < -0.4 is 0 Å². The largest absolute Gasteiger partial charge is 0.330 e. The second-order valence-electron chi connectivity index (χ2n) is 4.50. The van der Waals surface area contributed by atoms with E-state index >= 15 is 0 Å². The lowest BCUT2D eigenvalue weighted by Gasteiger charge is -2.23. The van der Waals surface area contributed by atoms with E-state index in [0.29, 0.717) is 11.8 Å². The molecule has 1 aromatic rings. The van der Waals surface area contributed by atoms with Gasteiger partial charge in [-0.1, -0.05) is 20.8 Å². The second-order valence-corrected chi connectivity index (χ2v) is 5.25. The van der Waals surface area contributed by atoms with Gasteiger partial charge in [-0.15, -0.1) is 0 Å². The molecule has 0 fully saturated rings. The van der Waals surface area contributed by atoms with Crippen molar-refractivity contribution in [1.82, 2.24) is 9.55 Å². The molecule has 1 unspecified atom stereocenters. The van der Waals surface area contributed by atoms with E-state index in [4.69, 9.17) is 0 Å². The summed E-state index contributed by atoms with van der Waals surface area (Å²) >= 11 is 3.58. The van der Waals surface area contributed by atoms with Crippen LogP contribution in [0, 0.1) is 0 Å². The Morgan fingerprint density at radius 3 is 2.86 bits per heavy atom. The number of imidazole rings is 1. The van der Waals surface area contributed by atoms with Crippen LogP contribution in [0.4, 0.5) is 0 Å². The number of hydrogen-bond acceptors (Lipinski definition) is 1. The zero-order valence-corrected chi connectivity index (χ0v) is 10.6. The van der Waals surface area contributed by atoms with Gasteiger partial charge in [-0.05, 0) is 34.7 Å². The number of rotatable bonds is 1. The molecule has 14 heavy (non-hydrogen) atoms. The van der Waals surface area contributed by atoms with Gasteiger partial charge in [-0.2, -0.15) is 0 Å². The van der Waals surface area contributed by atoms with Gasteiger partial charge < -0.3 is 4.57 Å². The summed E-state index contributed by atoms with van der Waals surface area (Å²) in [5, 5.41) is 0. The number of fused-ring (bicyclic) bond motifs is 1. The minimum atomic E-state index is 0.519. The zero-order chi connectivity index (χ0) is 10.3. The highest BCUT2D eigenvalue weighted by Gasteiger charge is 2.24. The van der Waals surface area contributed by atoms with E-state index in [0.717, 1.165) is 11.1 Å². The summed E-state index contributed by atoms with van der Waals surface area (Å²) in [6, 6.07) is 0. The van der Waals surface area contributed by atoms with Crippen LogP contribution in [0.5, 0.6) is 0 Å². The lowest BCUT2D eigenvalue weighted by atomic mass is 9.98. The van der Waals surface area contributed by atoms with Gasteiger partial charge in [0.05, 0.1) is 5.69 Å². The summed E-state index contributed by atoms with van der Waals surface area (Å²) in [5.74, 6) is 2.40. The highest BCUT2D eigenvalue weighted by atomic mass is 79.9.